The van der Waals surface area contributed by atoms with Crippen LogP contribution in [0.2, 0.25) is 0 Å². The zero-order chi connectivity index (χ0) is 20.5. The molecule has 150 valence electrons. The normalized spacial score (nSPS) is 13.0. The fraction of sp³-hybridized carbons (Fsp3) is 0.150. The summed E-state index contributed by atoms with van der Waals surface area (Å²) in [6, 6.07) is 17.0. The molecule has 5 rings (SSSR count). The number of aromatic nitrogens is 5. The summed E-state index contributed by atoms with van der Waals surface area (Å²) in [6.07, 6.45) is 0. The lowest BCUT2D eigenvalue weighted by molar-refractivity contribution is -0.671. The van der Waals surface area contributed by atoms with Crippen LogP contribution in [-0.2, 0) is 6.61 Å². The Bertz CT molecular complexity index is 1230. The molecule has 10 heteroatoms. The van der Waals surface area contributed by atoms with E-state index in [-0.39, 0.29) is 12.3 Å². The van der Waals surface area contributed by atoms with Crippen molar-refractivity contribution in [1.82, 2.24) is 20.1 Å². The van der Waals surface area contributed by atoms with E-state index in [0.717, 1.165) is 11.3 Å². The number of thioether (sulfide) groups is 1. The van der Waals surface area contributed by atoms with Crippen molar-refractivity contribution < 1.29 is 19.0 Å². The Labute approximate surface area is 175 Å². The molecule has 0 amide bonds. The van der Waals surface area contributed by atoms with Crippen LogP contribution in [0.4, 0.5) is 0 Å². The van der Waals surface area contributed by atoms with Crippen LogP contribution >= 0.6 is 11.8 Å². The summed E-state index contributed by atoms with van der Waals surface area (Å²) in [5, 5.41) is 29.9. The predicted octanol–water partition coefficient (Wildman–Crippen LogP) is 1.86. The van der Waals surface area contributed by atoms with Crippen molar-refractivity contribution in [3.05, 3.63) is 71.7 Å². The number of aryl methyl sites for hydroxylation is 1. The predicted molar refractivity (Wildman–Crippen MR) is 106 cm³/mol. The van der Waals surface area contributed by atoms with Gasteiger partial charge in [-0.25, -0.2) is 0 Å². The van der Waals surface area contributed by atoms with Gasteiger partial charge >= 0.3 is 0 Å². The first kappa shape index (κ1) is 18.4. The molecule has 2 aromatic heterocycles. The lowest BCUT2D eigenvalue weighted by atomic mass is 10.2. The maximum absolute atomic E-state index is 12.4. The molecule has 1 aliphatic heterocycles. The monoisotopic (exact) mass is 420 g/mol. The van der Waals surface area contributed by atoms with Crippen molar-refractivity contribution in [1.29, 1.82) is 0 Å². The Balaban J connectivity index is 1.48. The Hall–Kier alpha value is -3.66. The van der Waals surface area contributed by atoms with Gasteiger partial charge in [0.1, 0.15) is 18.1 Å². The molecule has 0 saturated carbocycles. The third kappa shape index (κ3) is 3.30. The number of nitrogens with zero attached hydrogens (tertiary/aromatic N) is 6. The van der Waals surface area contributed by atoms with E-state index in [1.54, 1.807) is 4.68 Å². The molecule has 30 heavy (non-hydrogen) atoms. The number of hydrogen-bond donors (Lipinski definition) is 0. The molecule has 0 bridgehead atoms. The second-order valence-electron chi connectivity index (χ2n) is 6.56. The van der Waals surface area contributed by atoms with Crippen molar-refractivity contribution in [2.24, 2.45) is 5.10 Å². The third-order valence-corrected chi connectivity index (χ3v) is 5.50. The molecule has 0 fully saturated rings. The average Bonchev–Trinajstić information content (AvgIpc) is 3.36. The molecular weight excluding hydrogens is 404 g/mol. The molecule has 3 heterocycles. The molecule has 1 aliphatic rings. The van der Waals surface area contributed by atoms with Crippen molar-refractivity contribution in [3.63, 3.8) is 0 Å². The number of fused-ring (bicyclic) bond motifs is 1. The highest BCUT2D eigenvalue weighted by Gasteiger charge is 2.30. The lowest BCUT2D eigenvalue weighted by Crippen LogP contribution is -2.40. The molecular formula is C20H16N6O3S. The van der Waals surface area contributed by atoms with Crippen LogP contribution in [0.25, 0.3) is 5.69 Å². The first-order chi connectivity index (χ1) is 14.7. The second-order valence-corrected chi connectivity index (χ2v) is 7.50. The van der Waals surface area contributed by atoms with Gasteiger partial charge in [0.15, 0.2) is 11.8 Å². The van der Waals surface area contributed by atoms with Gasteiger partial charge in [0.05, 0.1) is 11.0 Å². The minimum atomic E-state index is -0.549. The van der Waals surface area contributed by atoms with E-state index < -0.39 is 5.95 Å². The van der Waals surface area contributed by atoms with Crippen LogP contribution in [0.3, 0.4) is 0 Å². The van der Waals surface area contributed by atoms with Gasteiger partial charge in [-0.1, -0.05) is 48.2 Å². The molecule has 0 N–H and O–H groups in total. The number of para-hydroxylation sites is 2. The van der Waals surface area contributed by atoms with Crippen molar-refractivity contribution in [2.45, 2.75) is 18.7 Å². The number of rotatable bonds is 5. The molecule has 0 atom stereocenters. The van der Waals surface area contributed by atoms with E-state index in [1.165, 1.54) is 16.4 Å². The molecule has 0 aliphatic carbocycles. The third-order valence-electron chi connectivity index (χ3n) is 4.57. The Kier molecular flexibility index (Phi) is 4.68. The quantitative estimate of drug-likeness (QED) is 0.454. The minimum absolute atomic E-state index is 0.196. The number of benzene rings is 2. The summed E-state index contributed by atoms with van der Waals surface area (Å²) in [5.41, 5.74) is 2.54. The summed E-state index contributed by atoms with van der Waals surface area (Å²) < 4.78 is 13.9. The van der Waals surface area contributed by atoms with Gasteiger partial charge in [0.2, 0.25) is 10.8 Å². The molecule has 2 aromatic carbocycles. The van der Waals surface area contributed by atoms with E-state index in [9.17, 15) is 5.11 Å². The first-order valence-corrected chi connectivity index (χ1v) is 10.2. The fourth-order valence-corrected chi connectivity index (χ4v) is 3.90. The van der Waals surface area contributed by atoms with Crippen molar-refractivity contribution in [3.8, 4) is 17.4 Å². The van der Waals surface area contributed by atoms with Gasteiger partial charge in [-0.2, -0.15) is 9.78 Å². The van der Waals surface area contributed by atoms with Crippen molar-refractivity contribution in [2.75, 3.05) is 5.75 Å². The summed E-state index contributed by atoms with van der Waals surface area (Å²) in [5.74, 6) is 1.20. The van der Waals surface area contributed by atoms with Gasteiger partial charge in [-0.05, 0) is 23.2 Å². The zero-order valence-corrected chi connectivity index (χ0v) is 16.7. The van der Waals surface area contributed by atoms with Gasteiger partial charge in [-0.15, -0.1) is 10.2 Å². The van der Waals surface area contributed by atoms with Gasteiger partial charge < -0.3 is 14.4 Å². The maximum atomic E-state index is 12.4. The van der Waals surface area contributed by atoms with E-state index >= 15 is 0 Å². The summed E-state index contributed by atoms with van der Waals surface area (Å²) in [4.78, 5) is 0. The lowest BCUT2D eigenvalue weighted by Gasteiger charge is -2.12. The van der Waals surface area contributed by atoms with Crippen LogP contribution in [0.15, 0.2) is 69.4 Å². The first-order valence-electron chi connectivity index (χ1n) is 9.19. The molecule has 9 nitrogen and oxygen atoms in total. The molecule has 0 spiro atoms. The SMILES string of the molecule is Cc1ccccc1OCc1nnc2n1N=C(c1c([O-])on[n+]1-c1ccccc1)CS2. The van der Waals surface area contributed by atoms with Gasteiger partial charge in [-0.3, -0.25) is 0 Å². The summed E-state index contributed by atoms with van der Waals surface area (Å²) in [6.45, 7) is 2.17. The number of ether oxygens (including phenoxy) is 1. The topological polar surface area (TPSA) is 105 Å². The second kappa shape index (κ2) is 7.64. The van der Waals surface area contributed by atoms with Crippen molar-refractivity contribution >= 4 is 17.5 Å². The highest BCUT2D eigenvalue weighted by atomic mass is 32.2. The fourth-order valence-electron chi connectivity index (χ4n) is 3.07. The van der Waals surface area contributed by atoms with Crippen LogP contribution < -0.4 is 14.5 Å². The van der Waals surface area contributed by atoms with E-state index in [1.807, 2.05) is 61.5 Å². The van der Waals surface area contributed by atoms with E-state index in [2.05, 4.69) is 20.6 Å². The van der Waals surface area contributed by atoms with Crippen LogP contribution in [-0.4, -0.2) is 31.6 Å². The summed E-state index contributed by atoms with van der Waals surface area (Å²) in [7, 11) is 0. The highest BCUT2D eigenvalue weighted by Crippen LogP contribution is 2.26. The Morgan fingerprint density at radius 1 is 1.13 bits per heavy atom. The average molecular weight is 420 g/mol. The smallest absolute Gasteiger partial charge is 0.287 e. The van der Waals surface area contributed by atoms with E-state index in [0.29, 0.717) is 28.1 Å². The maximum Gasteiger partial charge on any atom is 0.287 e. The van der Waals surface area contributed by atoms with Crippen LogP contribution in [0.5, 0.6) is 11.7 Å². The highest BCUT2D eigenvalue weighted by molar-refractivity contribution is 7.99. The minimum Gasteiger partial charge on any atom is -0.539 e. The Morgan fingerprint density at radius 3 is 2.77 bits per heavy atom. The standard InChI is InChI=1S/C20H16N6O3S/c1-13-7-5-6-10-16(13)28-11-17-21-22-20-26(17)23-15(12-30-20)18-19(27)29-24-25(18)14-8-3-2-4-9-14/h2-10H,11-12H2,1H3. The summed E-state index contributed by atoms with van der Waals surface area (Å²) >= 11 is 1.43. The molecule has 0 saturated heterocycles. The van der Waals surface area contributed by atoms with Crippen LogP contribution in [0.1, 0.15) is 17.1 Å². The largest absolute Gasteiger partial charge is 0.539 e. The van der Waals surface area contributed by atoms with Gasteiger partial charge in [0.25, 0.3) is 5.69 Å². The zero-order valence-electron chi connectivity index (χ0n) is 15.9. The number of hydrogen-bond acceptors (Lipinski definition) is 8. The Morgan fingerprint density at radius 2 is 1.93 bits per heavy atom. The molecule has 4 aromatic rings. The molecule has 0 radical (unpaired) electrons. The molecule has 0 unspecified atom stereocenters. The van der Waals surface area contributed by atoms with Crippen LogP contribution in [0, 0.1) is 6.92 Å². The van der Waals surface area contributed by atoms with Gasteiger partial charge in [0, 0.05) is 12.1 Å². The van der Waals surface area contributed by atoms with E-state index in [4.69, 9.17) is 9.26 Å².